The highest BCUT2D eigenvalue weighted by atomic mass is 16.5. The SMILES string of the molecule is CN(CCC#N)C(=O)COc1c(C#N)oc2ccccc12. The molecule has 1 aromatic carbocycles. The first-order valence-electron chi connectivity index (χ1n) is 6.32. The van der Waals surface area contributed by atoms with Gasteiger partial charge in [0.15, 0.2) is 12.4 Å². The Morgan fingerprint density at radius 2 is 2.14 bits per heavy atom. The molecule has 6 heteroatoms. The summed E-state index contributed by atoms with van der Waals surface area (Å²) in [6.07, 6.45) is 0.264. The number of hydrogen-bond acceptors (Lipinski definition) is 5. The van der Waals surface area contributed by atoms with Crippen molar-refractivity contribution in [2.24, 2.45) is 0 Å². The maximum Gasteiger partial charge on any atom is 0.260 e. The van der Waals surface area contributed by atoms with Gasteiger partial charge in [-0.05, 0) is 12.1 Å². The summed E-state index contributed by atoms with van der Waals surface area (Å²) in [4.78, 5) is 13.3. The molecule has 0 atom stereocenters. The molecule has 21 heavy (non-hydrogen) atoms. The number of carbonyl (C=O) groups is 1. The zero-order chi connectivity index (χ0) is 15.2. The lowest BCUT2D eigenvalue weighted by molar-refractivity contribution is -0.131. The van der Waals surface area contributed by atoms with Gasteiger partial charge >= 0.3 is 0 Å². The molecule has 0 unspecified atom stereocenters. The van der Waals surface area contributed by atoms with E-state index in [2.05, 4.69) is 0 Å². The Morgan fingerprint density at radius 1 is 1.38 bits per heavy atom. The van der Waals surface area contributed by atoms with Crippen LogP contribution in [0.1, 0.15) is 12.2 Å². The van der Waals surface area contributed by atoms with E-state index in [4.69, 9.17) is 19.7 Å². The third kappa shape index (κ3) is 3.13. The molecule has 1 aromatic heterocycles. The van der Waals surface area contributed by atoms with Gasteiger partial charge in [-0.25, -0.2) is 0 Å². The number of amides is 1. The summed E-state index contributed by atoms with van der Waals surface area (Å²) in [5, 5.41) is 18.2. The lowest BCUT2D eigenvalue weighted by Gasteiger charge is -2.15. The molecule has 2 rings (SSSR count). The number of likely N-dealkylation sites (N-methyl/N-ethyl adjacent to an activating group) is 1. The maximum absolute atomic E-state index is 11.9. The van der Waals surface area contributed by atoms with Crippen LogP contribution in [-0.2, 0) is 4.79 Å². The van der Waals surface area contributed by atoms with E-state index in [1.807, 2.05) is 12.1 Å². The lowest BCUT2D eigenvalue weighted by Crippen LogP contribution is -2.32. The van der Waals surface area contributed by atoms with Crippen molar-refractivity contribution in [1.82, 2.24) is 4.90 Å². The third-order valence-electron chi connectivity index (χ3n) is 2.98. The minimum Gasteiger partial charge on any atom is -0.478 e. The normalized spacial score (nSPS) is 9.86. The zero-order valence-corrected chi connectivity index (χ0v) is 11.5. The van der Waals surface area contributed by atoms with E-state index >= 15 is 0 Å². The molecule has 106 valence electrons. The molecule has 6 nitrogen and oxygen atoms in total. The molecule has 0 bridgehead atoms. The summed E-state index contributed by atoms with van der Waals surface area (Å²) in [5.74, 6) is 0.0539. The highest BCUT2D eigenvalue weighted by Crippen LogP contribution is 2.32. The smallest absolute Gasteiger partial charge is 0.260 e. The molecule has 1 heterocycles. The molecule has 0 radical (unpaired) electrons. The van der Waals surface area contributed by atoms with Crippen molar-refractivity contribution in [2.75, 3.05) is 20.2 Å². The van der Waals surface area contributed by atoms with Crippen LogP contribution in [0.25, 0.3) is 11.0 Å². The number of carbonyl (C=O) groups excluding carboxylic acids is 1. The van der Waals surface area contributed by atoms with E-state index in [1.54, 1.807) is 31.3 Å². The van der Waals surface area contributed by atoms with Gasteiger partial charge < -0.3 is 14.1 Å². The predicted octanol–water partition coefficient (Wildman–Crippen LogP) is 2.06. The van der Waals surface area contributed by atoms with Crippen LogP contribution in [0, 0.1) is 22.7 Å². The van der Waals surface area contributed by atoms with Crippen LogP contribution in [0.2, 0.25) is 0 Å². The van der Waals surface area contributed by atoms with Crippen molar-refractivity contribution in [1.29, 1.82) is 10.5 Å². The van der Waals surface area contributed by atoms with Crippen LogP contribution < -0.4 is 4.74 Å². The molecule has 0 aliphatic rings. The average molecular weight is 283 g/mol. The molecular formula is C15H13N3O3. The van der Waals surface area contributed by atoms with Crippen molar-refractivity contribution in [2.45, 2.75) is 6.42 Å². The Bertz CT molecular complexity index is 737. The van der Waals surface area contributed by atoms with Crippen LogP contribution in [0.15, 0.2) is 28.7 Å². The Kier molecular flexibility index (Phi) is 4.43. The van der Waals surface area contributed by atoms with Crippen LogP contribution in [0.3, 0.4) is 0 Å². The quantitative estimate of drug-likeness (QED) is 0.837. The number of hydrogen-bond donors (Lipinski definition) is 0. The molecule has 0 N–H and O–H groups in total. The fourth-order valence-corrected chi connectivity index (χ4v) is 1.83. The fraction of sp³-hybridized carbons (Fsp3) is 0.267. The number of nitrogens with zero attached hydrogens (tertiary/aromatic N) is 3. The highest BCUT2D eigenvalue weighted by Gasteiger charge is 2.17. The number of nitriles is 2. The second-order valence-electron chi connectivity index (χ2n) is 4.38. The number of ether oxygens (including phenoxy) is 1. The summed E-state index contributed by atoms with van der Waals surface area (Å²) in [5.41, 5.74) is 0.536. The first kappa shape index (κ1) is 14.4. The molecule has 0 aliphatic heterocycles. The van der Waals surface area contributed by atoms with Crippen LogP contribution in [0.5, 0.6) is 5.75 Å². The van der Waals surface area contributed by atoms with Gasteiger partial charge in [0, 0.05) is 13.6 Å². The summed E-state index contributed by atoms with van der Waals surface area (Å²) < 4.78 is 10.8. The molecule has 0 saturated heterocycles. The van der Waals surface area contributed by atoms with Gasteiger partial charge in [-0.3, -0.25) is 4.79 Å². The van der Waals surface area contributed by atoms with Gasteiger partial charge in [0.2, 0.25) is 5.76 Å². The van der Waals surface area contributed by atoms with E-state index in [1.165, 1.54) is 4.90 Å². The Balaban J connectivity index is 2.12. The van der Waals surface area contributed by atoms with E-state index in [0.29, 0.717) is 17.5 Å². The summed E-state index contributed by atoms with van der Waals surface area (Å²) >= 11 is 0. The number of furan rings is 1. The van der Waals surface area contributed by atoms with Gasteiger partial charge in [0.1, 0.15) is 11.7 Å². The first-order chi connectivity index (χ1) is 10.2. The van der Waals surface area contributed by atoms with E-state index in [0.717, 1.165) is 0 Å². The molecule has 2 aromatic rings. The van der Waals surface area contributed by atoms with Crippen molar-refractivity contribution in [3.8, 4) is 17.9 Å². The minimum absolute atomic E-state index is 0.0451. The van der Waals surface area contributed by atoms with Crippen molar-refractivity contribution in [3.63, 3.8) is 0 Å². The summed E-state index contributed by atoms with van der Waals surface area (Å²) in [6.45, 7) is 0.135. The predicted molar refractivity (Wildman–Crippen MR) is 74.3 cm³/mol. The summed E-state index contributed by atoms with van der Waals surface area (Å²) in [6, 6.07) is 11.0. The summed E-state index contributed by atoms with van der Waals surface area (Å²) in [7, 11) is 1.60. The number of para-hydroxylation sites is 1. The fourth-order valence-electron chi connectivity index (χ4n) is 1.83. The maximum atomic E-state index is 11.9. The molecule has 0 saturated carbocycles. The molecule has 0 fully saturated rings. The van der Waals surface area contributed by atoms with Crippen LogP contribution in [0.4, 0.5) is 0 Å². The number of benzene rings is 1. The van der Waals surface area contributed by atoms with Crippen molar-refractivity contribution in [3.05, 3.63) is 30.0 Å². The molecular weight excluding hydrogens is 270 g/mol. The topological polar surface area (TPSA) is 90.3 Å². The Hall–Kier alpha value is -2.99. The van der Waals surface area contributed by atoms with E-state index < -0.39 is 0 Å². The molecule has 0 spiro atoms. The van der Waals surface area contributed by atoms with Gasteiger partial charge in [-0.2, -0.15) is 10.5 Å². The first-order valence-corrected chi connectivity index (χ1v) is 6.32. The standard InChI is InChI=1S/C15H13N3O3/c1-18(8-4-7-16)14(19)10-20-15-11-5-2-3-6-12(11)21-13(15)9-17/h2-3,5-6H,4,8,10H2,1H3. The second kappa shape index (κ2) is 6.44. The van der Waals surface area contributed by atoms with Gasteiger partial charge in [-0.15, -0.1) is 0 Å². The Morgan fingerprint density at radius 3 is 2.86 bits per heavy atom. The largest absolute Gasteiger partial charge is 0.478 e. The second-order valence-corrected chi connectivity index (χ2v) is 4.38. The zero-order valence-electron chi connectivity index (χ0n) is 11.5. The van der Waals surface area contributed by atoms with Gasteiger partial charge in [0.25, 0.3) is 5.91 Å². The van der Waals surface area contributed by atoms with Crippen molar-refractivity contribution < 1.29 is 13.9 Å². The third-order valence-corrected chi connectivity index (χ3v) is 2.98. The number of fused-ring (bicyclic) bond motifs is 1. The minimum atomic E-state index is -0.264. The lowest BCUT2D eigenvalue weighted by atomic mass is 10.2. The molecule has 0 aliphatic carbocycles. The monoisotopic (exact) mass is 283 g/mol. The van der Waals surface area contributed by atoms with E-state index in [9.17, 15) is 4.79 Å². The van der Waals surface area contributed by atoms with Crippen LogP contribution in [-0.4, -0.2) is 31.0 Å². The number of rotatable bonds is 5. The van der Waals surface area contributed by atoms with Gasteiger partial charge in [0.05, 0.1) is 17.9 Å². The average Bonchev–Trinajstić information content (AvgIpc) is 2.87. The van der Waals surface area contributed by atoms with Crippen LogP contribution >= 0.6 is 0 Å². The van der Waals surface area contributed by atoms with Crippen molar-refractivity contribution >= 4 is 16.9 Å². The highest BCUT2D eigenvalue weighted by molar-refractivity contribution is 5.87. The Labute approximate surface area is 121 Å². The van der Waals surface area contributed by atoms with E-state index in [-0.39, 0.29) is 30.4 Å². The molecule has 1 amide bonds. The van der Waals surface area contributed by atoms with Gasteiger partial charge in [-0.1, -0.05) is 12.1 Å².